The van der Waals surface area contributed by atoms with Gasteiger partial charge in [-0.15, -0.1) is 16.4 Å². The number of halogens is 2. The first-order chi connectivity index (χ1) is 14.0. The average Bonchev–Trinajstić information content (AvgIpc) is 3.35. The second-order valence-corrected chi connectivity index (χ2v) is 7.94. The molecule has 3 heterocycles. The second-order valence-electron chi connectivity index (χ2n) is 6.23. The lowest BCUT2D eigenvalue weighted by molar-refractivity contribution is 0.0986. The van der Waals surface area contributed by atoms with Gasteiger partial charge in [-0.1, -0.05) is 22.9 Å². The van der Waals surface area contributed by atoms with Gasteiger partial charge in [-0.3, -0.25) is 14.2 Å². The van der Waals surface area contributed by atoms with Gasteiger partial charge in [0.25, 0.3) is 5.56 Å². The SMILES string of the molecule is O=C(CCc1cn(-c2ccc(-n3ccccc3=O)cc2F)nn1)c1ccc(Cl)s1. The first-order valence-electron chi connectivity index (χ1n) is 8.69. The molecule has 0 N–H and O–H groups in total. The van der Waals surface area contributed by atoms with Crippen LogP contribution in [-0.2, 0) is 6.42 Å². The molecule has 0 unspecified atom stereocenters. The summed E-state index contributed by atoms with van der Waals surface area (Å²) in [7, 11) is 0. The number of hydrogen-bond donors (Lipinski definition) is 0. The summed E-state index contributed by atoms with van der Waals surface area (Å²) in [6.07, 6.45) is 3.80. The summed E-state index contributed by atoms with van der Waals surface area (Å²) >= 11 is 7.09. The van der Waals surface area contributed by atoms with E-state index in [0.717, 1.165) is 0 Å². The number of aryl methyl sites for hydroxylation is 1. The normalized spacial score (nSPS) is 11.0. The van der Waals surface area contributed by atoms with Crippen molar-refractivity contribution in [1.29, 1.82) is 0 Å². The molecule has 0 atom stereocenters. The zero-order valence-corrected chi connectivity index (χ0v) is 16.5. The molecule has 4 aromatic rings. The highest BCUT2D eigenvalue weighted by molar-refractivity contribution is 7.18. The van der Waals surface area contributed by atoms with Crippen molar-refractivity contribution in [3.05, 3.63) is 92.0 Å². The number of pyridine rings is 1. The molecule has 0 aliphatic heterocycles. The summed E-state index contributed by atoms with van der Waals surface area (Å²) < 4.78 is 17.9. The Bertz CT molecular complexity index is 1250. The quantitative estimate of drug-likeness (QED) is 0.434. The third kappa shape index (κ3) is 4.18. The number of benzene rings is 1. The van der Waals surface area contributed by atoms with Crippen molar-refractivity contribution in [2.75, 3.05) is 0 Å². The molecule has 0 saturated heterocycles. The first kappa shape index (κ1) is 19.2. The van der Waals surface area contributed by atoms with Gasteiger partial charge in [0.15, 0.2) is 11.6 Å². The number of hydrogen-bond acceptors (Lipinski definition) is 5. The summed E-state index contributed by atoms with van der Waals surface area (Å²) in [5.41, 5.74) is 0.938. The van der Waals surface area contributed by atoms with Gasteiger partial charge in [0, 0.05) is 31.2 Å². The minimum Gasteiger partial charge on any atom is -0.293 e. The van der Waals surface area contributed by atoms with Crippen molar-refractivity contribution >= 4 is 28.7 Å². The maximum absolute atomic E-state index is 14.6. The van der Waals surface area contributed by atoms with Crippen LogP contribution in [0.25, 0.3) is 11.4 Å². The molecule has 4 rings (SSSR count). The summed E-state index contributed by atoms with van der Waals surface area (Å²) in [6.45, 7) is 0. The standard InChI is InChI=1S/C20H14ClFN4O2S/c21-19-9-8-18(29-19)17(27)7-4-13-12-26(24-23-13)16-6-5-14(11-15(16)22)25-10-2-1-3-20(25)28/h1-3,5-6,8-12H,4,7H2. The number of Topliss-reactive ketones (excluding diaryl/α,β-unsaturated/α-hetero) is 1. The van der Waals surface area contributed by atoms with E-state index < -0.39 is 5.82 Å². The van der Waals surface area contributed by atoms with E-state index in [1.807, 2.05) is 0 Å². The fourth-order valence-corrected chi connectivity index (χ4v) is 3.84. The summed E-state index contributed by atoms with van der Waals surface area (Å²) in [5.74, 6) is -0.570. The molecule has 0 saturated carbocycles. The monoisotopic (exact) mass is 428 g/mol. The molecule has 1 aromatic carbocycles. The van der Waals surface area contributed by atoms with Crippen LogP contribution >= 0.6 is 22.9 Å². The largest absolute Gasteiger partial charge is 0.293 e. The van der Waals surface area contributed by atoms with Crippen molar-refractivity contribution in [3.63, 3.8) is 0 Å². The maximum atomic E-state index is 14.6. The molecule has 9 heteroatoms. The number of carbonyl (C=O) groups is 1. The Morgan fingerprint density at radius 2 is 2.03 bits per heavy atom. The lowest BCUT2D eigenvalue weighted by Crippen LogP contribution is -2.15. The molecule has 0 fully saturated rings. The molecule has 6 nitrogen and oxygen atoms in total. The van der Waals surface area contributed by atoms with Crippen LogP contribution in [-0.4, -0.2) is 25.3 Å². The summed E-state index contributed by atoms with van der Waals surface area (Å²) in [4.78, 5) is 24.7. The van der Waals surface area contributed by atoms with Crippen LogP contribution in [0.5, 0.6) is 0 Å². The molecule has 0 spiro atoms. The van der Waals surface area contributed by atoms with E-state index in [-0.39, 0.29) is 23.5 Å². The van der Waals surface area contributed by atoms with Crippen LogP contribution in [0.15, 0.2) is 65.7 Å². The Hall–Kier alpha value is -3.10. The molecule has 29 heavy (non-hydrogen) atoms. The van der Waals surface area contributed by atoms with Crippen molar-refractivity contribution in [2.24, 2.45) is 0 Å². The van der Waals surface area contributed by atoms with E-state index in [4.69, 9.17) is 11.6 Å². The van der Waals surface area contributed by atoms with Crippen LogP contribution in [0, 0.1) is 5.82 Å². The van der Waals surface area contributed by atoms with Crippen molar-refractivity contribution in [3.8, 4) is 11.4 Å². The summed E-state index contributed by atoms with van der Waals surface area (Å²) in [5, 5.41) is 7.97. The number of thiophene rings is 1. The molecule has 0 aliphatic carbocycles. The highest BCUT2D eigenvalue weighted by atomic mass is 35.5. The van der Waals surface area contributed by atoms with Gasteiger partial charge in [0.05, 0.1) is 26.8 Å². The van der Waals surface area contributed by atoms with Crippen molar-refractivity contribution in [1.82, 2.24) is 19.6 Å². The van der Waals surface area contributed by atoms with Gasteiger partial charge < -0.3 is 0 Å². The average molecular weight is 429 g/mol. The molecule has 0 aliphatic rings. The highest BCUT2D eigenvalue weighted by Crippen LogP contribution is 2.23. The molecule has 3 aromatic heterocycles. The minimum absolute atomic E-state index is 0.0275. The smallest absolute Gasteiger partial charge is 0.255 e. The van der Waals surface area contributed by atoms with Crippen LogP contribution in [0.2, 0.25) is 4.34 Å². The van der Waals surface area contributed by atoms with Crippen LogP contribution in [0.4, 0.5) is 4.39 Å². The lowest BCUT2D eigenvalue weighted by atomic mass is 10.1. The predicted molar refractivity (Wildman–Crippen MR) is 109 cm³/mol. The Kier molecular flexibility index (Phi) is 5.37. The molecule has 0 bridgehead atoms. The summed E-state index contributed by atoms with van der Waals surface area (Å²) in [6, 6.07) is 12.5. The van der Waals surface area contributed by atoms with Crippen LogP contribution in [0.1, 0.15) is 21.8 Å². The van der Waals surface area contributed by atoms with Gasteiger partial charge in [0.1, 0.15) is 5.69 Å². The fraction of sp³-hybridized carbons (Fsp3) is 0.100. The van der Waals surface area contributed by atoms with E-state index in [2.05, 4.69) is 10.3 Å². The van der Waals surface area contributed by atoms with E-state index in [0.29, 0.717) is 27.0 Å². The van der Waals surface area contributed by atoms with Gasteiger partial charge in [-0.05, 0) is 30.3 Å². The number of carbonyl (C=O) groups excluding carboxylic acids is 1. The van der Waals surface area contributed by atoms with E-state index in [1.165, 1.54) is 38.8 Å². The molecular formula is C20H14ClFN4O2S. The fourth-order valence-electron chi connectivity index (χ4n) is 2.83. The lowest BCUT2D eigenvalue weighted by Gasteiger charge is -2.07. The highest BCUT2D eigenvalue weighted by Gasteiger charge is 2.13. The molecule has 0 amide bonds. The number of ketones is 1. The Morgan fingerprint density at radius 3 is 2.76 bits per heavy atom. The third-order valence-corrected chi connectivity index (χ3v) is 5.55. The molecule has 0 radical (unpaired) electrons. The van der Waals surface area contributed by atoms with Crippen molar-refractivity contribution in [2.45, 2.75) is 12.8 Å². The Morgan fingerprint density at radius 1 is 1.17 bits per heavy atom. The maximum Gasteiger partial charge on any atom is 0.255 e. The van der Waals surface area contributed by atoms with Crippen LogP contribution < -0.4 is 5.56 Å². The molecule has 146 valence electrons. The van der Waals surface area contributed by atoms with Gasteiger partial charge >= 0.3 is 0 Å². The van der Waals surface area contributed by atoms with E-state index in [9.17, 15) is 14.0 Å². The van der Waals surface area contributed by atoms with Gasteiger partial charge in [-0.2, -0.15) is 0 Å². The number of aromatic nitrogens is 4. The van der Waals surface area contributed by atoms with E-state index in [1.54, 1.807) is 42.7 Å². The van der Waals surface area contributed by atoms with Crippen LogP contribution in [0.3, 0.4) is 0 Å². The number of rotatable bonds is 6. The topological polar surface area (TPSA) is 69.8 Å². The van der Waals surface area contributed by atoms with Gasteiger partial charge in [0.2, 0.25) is 0 Å². The number of nitrogens with zero attached hydrogens (tertiary/aromatic N) is 4. The first-order valence-corrected chi connectivity index (χ1v) is 9.88. The van der Waals surface area contributed by atoms with Crippen molar-refractivity contribution < 1.29 is 9.18 Å². The van der Waals surface area contributed by atoms with E-state index >= 15 is 0 Å². The van der Waals surface area contributed by atoms with Gasteiger partial charge in [-0.25, -0.2) is 9.07 Å². The Labute approximate surface area is 173 Å². The third-order valence-electron chi connectivity index (χ3n) is 4.28. The Balaban J connectivity index is 1.50. The molecular weight excluding hydrogens is 415 g/mol. The minimum atomic E-state index is -0.543. The second kappa shape index (κ2) is 8.10. The predicted octanol–water partition coefficient (Wildman–Crippen LogP) is 4.09. The zero-order chi connectivity index (χ0) is 20.4. The zero-order valence-electron chi connectivity index (χ0n) is 15.0.